The van der Waals surface area contributed by atoms with Crippen LogP contribution < -0.4 is 5.32 Å². The van der Waals surface area contributed by atoms with E-state index in [0.717, 1.165) is 30.8 Å². The molecular formula is C19H22N6O. The summed E-state index contributed by atoms with van der Waals surface area (Å²) in [5.41, 5.74) is 3.93. The Hall–Kier alpha value is -2.96. The third-order valence-corrected chi connectivity index (χ3v) is 5.02. The molecule has 1 fully saturated rings. The van der Waals surface area contributed by atoms with E-state index >= 15 is 0 Å². The zero-order chi connectivity index (χ0) is 18.1. The number of carbonyl (C=O) groups excluding carboxylic acids is 1. The molecule has 1 N–H and O–H groups in total. The van der Waals surface area contributed by atoms with Crippen LogP contribution in [-0.4, -0.2) is 37.0 Å². The lowest BCUT2D eigenvalue weighted by Crippen LogP contribution is -2.32. The van der Waals surface area contributed by atoms with Crippen LogP contribution in [0.4, 0.5) is 0 Å². The van der Waals surface area contributed by atoms with E-state index in [9.17, 15) is 4.79 Å². The number of amides is 1. The maximum atomic E-state index is 12.5. The molecule has 0 saturated heterocycles. The molecule has 0 aliphatic heterocycles. The number of benzene rings is 1. The van der Waals surface area contributed by atoms with Crippen LogP contribution in [0.3, 0.4) is 0 Å². The molecule has 1 amide bonds. The van der Waals surface area contributed by atoms with E-state index in [1.807, 2.05) is 31.2 Å². The fraction of sp³-hybridized carbons (Fsp3) is 0.368. The molecule has 1 aliphatic carbocycles. The molecule has 3 aromatic rings. The molecule has 1 aromatic carbocycles. The second-order valence-electron chi connectivity index (χ2n) is 7.18. The summed E-state index contributed by atoms with van der Waals surface area (Å²) >= 11 is 0. The average molecular weight is 350 g/mol. The molecule has 4 rings (SSSR count). The van der Waals surface area contributed by atoms with Gasteiger partial charge >= 0.3 is 0 Å². The van der Waals surface area contributed by atoms with E-state index in [1.54, 1.807) is 17.2 Å². The first-order valence-corrected chi connectivity index (χ1v) is 8.79. The van der Waals surface area contributed by atoms with Gasteiger partial charge in [0.15, 0.2) is 0 Å². The van der Waals surface area contributed by atoms with Gasteiger partial charge in [0.05, 0.1) is 5.69 Å². The lowest BCUT2D eigenvalue weighted by atomic mass is 10.1. The van der Waals surface area contributed by atoms with Gasteiger partial charge in [-0.15, -0.1) is 10.2 Å². The molecule has 2 aromatic heterocycles. The van der Waals surface area contributed by atoms with E-state index in [1.165, 1.54) is 5.69 Å². The van der Waals surface area contributed by atoms with Crippen molar-refractivity contribution in [2.45, 2.75) is 33.2 Å². The van der Waals surface area contributed by atoms with Crippen LogP contribution in [0.15, 0.2) is 43.0 Å². The maximum absolute atomic E-state index is 12.5. The van der Waals surface area contributed by atoms with Gasteiger partial charge in [0, 0.05) is 35.4 Å². The summed E-state index contributed by atoms with van der Waals surface area (Å²) in [4.78, 5) is 12.5. The van der Waals surface area contributed by atoms with Crippen LogP contribution in [0.1, 0.15) is 34.6 Å². The van der Waals surface area contributed by atoms with Crippen molar-refractivity contribution in [3.63, 3.8) is 0 Å². The third kappa shape index (κ3) is 3.37. The van der Waals surface area contributed by atoms with Crippen molar-refractivity contribution in [2.75, 3.05) is 6.54 Å². The molecule has 0 atom stereocenters. The minimum atomic E-state index is -0.0417. The molecule has 0 radical (unpaired) electrons. The molecule has 26 heavy (non-hydrogen) atoms. The Labute approximate surface area is 152 Å². The maximum Gasteiger partial charge on any atom is 0.251 e. The quantitative estimate of drug-likeness (QED) is 0.740. The molecule has 1 aliphatic rings. The largest absolute Gasteiger partial charge is 0.351 e. The van der Waals surface area contributed by atoms with Crippen LogP contribution in [0.2, 0.25) is 0 Å². The minimum absolute atomic E-state index is 0.0417. The van der Waals surface area contributed by atoms with Gasteiger partial charge in [-0.2, -0.15) is 5.10 Å². The zero-order valence-corrected chi connectivity index (χ0v) is 15.0. The summed E-state index contributed by atoms with van der Waals surface area (Å²) in [6.07, 6.45) is 5.51. The average Bonchev–Trinajstić information content (AvgIpc) is 3.03. The molecule has 134 valence electrons. The van der Waals surface area contributed by atoms with Gasteiger partial charge in [-0.25, -0.2) is 0 Å². The summed E-state index contributed by atoms with van der Waals surface area (Å²) in [7, 11) is 0. The lowest BCUT2D eigenvalue weighted by Gasteiger charge is -2.17. The van der Waals surface area contributed by atoms with Crippen LogP contribution in [0, 0.1) is 19.3 Å². The van der Waals surface area contributed by atoms with E-state index < -0.39 is 0 Å². The van der Waals surface area contributed by atoms with E-state index in [2.05, 4.69) is 38.3 Å². The molecule has 0 unspecified atom stereocenters. The molecule has 0 spiro atoms. The molecule has 1 saturated carbocycles. The number of aryl methyl sites for hydroxylation is 2. The van der Waals surface area contributed by atoms with Gasteiger partial charge in [-0.3, -0.25) is 14.0 Å². The summed E-state index contributed by atoms with van der Waals surface area (Å²) in [5, 5.41) is 15.2. The van der Waals surface area contributed by atoms with E-state index in [-0.39, 0.29) is 11.3 Å². The highest BCUT2D eigenvalue weighted by atomic mass is 16.1. The van der Waals surface area contributed by atoms with Crippen LogP contribution in [-0.2, 0) is 6.54 Å². The van der Waals surface area contributed by atoms with Crippen molar-refractivity contribution >= 4 is 5.91 Å². The highest BCUT2D eigenvalue weighted by Gasteiger charge is 2.43. The highest BCUT2D eigenvalue weighted by molar-refractivity contribution is 5.94. The van der Waals surface area contributed by atoms with Crippen molar-refractivity contribution in [3.8, 4) is 5.69 Å². The predicted octanol–water partition coefficient (Wildman–Crippen LogP) is 2.29. The summed E-state index contributed by atoms with van der Waals surface area (Å²) in [5.74, 6) is -0.0417. The number of hydrogen-bond donors (Lipinski definition) is 1. The first-order chi connectivity index (χ1) is 12.5. The van der Waals surface area contributed by atoms with Crippen molar-refractivity contribution in [1.82, 2.24) is 29.9 Å². The van der Waals surface area contributed by atoms with E-state index in [4.69, 9.17) is 0 Å². The van der Waals surface area contributed by atoms with Crippen LogP contribution >= 0.6 is 0 Å². The molecule has 2 heterocycles. The summed E-state index contributed by atoms with van der Waals surface area (Å²) in [6.45, 7) is 5.62. The molecule has 0 bridgehead atoms. The fourth-order valence-corrected chi connectivity index (χ4v) is 3.21. The Kier molecular flexibility index (Phi) is 4.06. The van der Waals surface area contributed by atoms with Gasteiger partial charge in [-0.1, -0.05) is 0 Å². The van der Waals surface area contributed by atoms with Gasteiger partial charge in [0.1, 0.15) is 12.7 Å². The Morgan fingerprint density at radius 1 is 1.15 bits per heavy atom. The molecule has 7 heteroatoms. The number of rotatable bonds is 6. The first-order valence-electron chi connectivity index (χ1n) is 8.79. The van der Waals surface area contributed by atoms with Crippen molar-refractivity contribution < 1.29 is 4.79 Å². The normalized spacial score (nSPS) is 15.0. The minimum Gasteiger partial charge on any atom is -0.351 e. The zero-order valence-electron chi connectivity index (χ0n) is 15.0. The standard InChI is InChI=1S/C19H22N6O/c1-14-9-15(2)25(23-14)11-19(7-8-19)10-20-18(26)16-3-5-17(6-4-16)24-12-21-22-13-24/h3-6,9,12-13H,7-8,10-11H2,1-2H3,(H,20,26). The second-order valence-corrected chi connectivity index (χ2v) is 7.18. The number of hydrogen-bond acceptors (Lipinski definition) is 4. The third-order valence-electron chi connectivity index (χ3n) is 5.02. The summed E-state index contributed by atoms with van der Waals surface area (Å²) < 4.78 is 3.86. The van der Waals surface area contributed by atoms with E-state index in [0.29, 0.717) is 12.1 Å². The van der Waals surface area contributed by atoms with Crippen molar-refractivity contribution in [2.24, 2.45) is 5.41 Å². The fourth-order valence-electron chi connectivity index (χ4n) is 3.21. The van der Waals surface area contributed by atoms with Gasteiger partial charge in [0.25, 0.3) is 5.91 Å². The number of nitrogens with zero attached hydrogens (tertiary/aromatic N) is 5. The Morgan fingerprint density at radius 2 is 1.85 bits per heavy atom. The topological polar surface area (TPSA) is 77.6 Å². The Bertz CT molecular complexity index is 906. The van der Waals surface area contributed by atoms with Crippen LogP contribution in [0.5, 0.6) is 0 Å². The van der Waals surface area contributed by atoms with Gasteiger partial charge in [-0.05, 0) is 57.0 Å². The number of nitrogens with one attached hydrogen (secondary N) is 1. The number of aromatic nitrogens is 5. The van der Waals surface area contributed by atoms with Crippen molar-refractivity contribution in [1.29, 1.82) is 0 Å². The van der Waals surface area contributed by atoms with Crippen LogP contribution in [0.25, 0.3) is 5.69 Å². The van der Waals surface area contributed by atoms with Crippen molar-refractivity contribution in [3.05, 3.63) is 59.9 Å². The smallest absolute Gasteiger partial charge is 0.251 e. The Balaban J connectivity index is 1.37. The van der Waals surface area contributed by atoms with Gasteiger partial charge in [0.2, 0.25) is 0 Å². The number of carbonyl (C=O) groups is 1. The molecule has 7 nitrogen and oxygen atoms in total. The summed E-state index contributed by atoms with van der Waals surface area (Å²) in [6, 6.07) is 9.52. The highest BCUT2D eigenvalue weighted by Crippen LogP contribution is 2.46. The predicted molar refractivity (Wildman–Crippen MR) is 97.1 cm³/mol. The first kappa shape index (κ1) is 16.5. The van der Waals surface area contributed by atoms with Gasteiger partial charge < -0.3 is 5.32 Å². The lowest BCUT2D eigenvalue weighted by molar-refractivity contribution is 0.0942. The monoisotopic (exact) mass is 350 g/mol. The SMILES string of the molecule is Cc1cc(C)n(CC2(CNC(=O)c3ccc(-n4cnnc4)cc3)CC2)n1. The second kappa shape index (κ2) is 6.40. The Morgan fingerprint density at radius 3 is 2.42 bits per heavy atom. The molecular weight excluding hydrogens is 328 g/mol.